The van der Waals surface area contributed by atoms with Crippen LogP contribution in [0.1, 0.15) is 10.7 Å². The molecule has 0 spiro atoms. The maximum atomic E-state index is 5.70. The second kappa shape index (κ2) is 5.28. The molecule has 7 heteroatoms. The van der Waals surface area contributed by atoms with E-state index in [0.717, 1.165) is 24.6 Å². The average Bonchev–Trinajstić information content (AvgIpc) is 2.80. The Morgan fingerprint density at radius 3 is 2.80 bits per heavy atom. The van der Waals surface area contributed by atoms with Gasteiger partial charge in [0.05, 0.1) is 24.4 Å². The highest BCUT2D eigenvalue weighted by molar-refractivity contribution is 14.1. The van der Waals surface area contributed by atoms with Crippen LogP contribution in [-0.4, -0.2) is 14.5 Å². The number of hydrogen-bond acceptors (Lipinski definition) is 3. The molecule has 0 fully saturated rings. The predicted octanol–water partition coefficient (Wildman–Crippen LogP) is 3.34. The van der Waals surface area contributed by atoms with E-state index in [1.807, 2.05) is 11.7 Å². The fourth-order valence-corrected chi connectivity index (χ4v) is 2.97. The standard InChI is InChI=1S/C8H6ClI2N3S/c9-1-5-3-15-6(13-5)2-14-4-12-7(10)8(14)11/h3-4H,1-2H2. The molecule has 0 unspecified atom stereocenters. The molecule has 0 aromatic carbocycles. The number of thiazole rings is 1. The topological polar surface area (TPSA) is 30.7 Å². The minimum atomic E-state index is 0.481. The van der Waals surface area contributed by atoms with E-state index < -0.39 is 0 Å². The Hall–Kier alpha value is 0.590. The number of halogens is 3. The molecule has 0 radical (unpaired) electrons. The van der Waals surface area contributed by atoms with Crippen LogP contribution >= 0.6 is 68.1 Å². The summed E-state index contributed by atoms with van der Waals surface area (Å²) in [6, 6.07) is 0. The molecule has 2 aromatic rings. The number of aromatic nitrogens is 3. The third-order valence-electron chi connectivity index (χ3n) is 1.77. The Kier molecular flexibility index (Phi) is 4.24. The van der Waals surface area contributed by atoms with Crippen molar-refractivity contribution in [2.24, 2.45) is 0 Å². The van der Waals surface area contributed by atoms with E-state index in [0.29, 0.717) is 5.88 Å². The molecule has 2 heterocycles. The molecular weight excluding hydrogens is 459 g/mol. The van der Waals surface area contributed by atoms with Gasteiger partial charge < -0.3 is 4.57 Å². The van der Waals surface area contributed by atoms with Gasteiger partial charge in [-0.3, -0.25) is 0 Å². The zero-order valence-electron chi connectivity index (χ0n) is 7.45. The zero-order chi connectivity index (χ0) is 10.8. The molecule has 0 saturated heterocycles. The van der Waals surface area contributed by atoms with Crippen LogP contribution in [0.4, 0.5) is 0 Å². The normalized spacial score (nSPS) is 10.9. The van der Waals surface area contributed by atoms with Crippen molar-refractivity contribution in [2.75, 3.05) is 0 Å². The van der Waals surface area contributed by atoms with Gasteiger partial charge >= 0.3 is 0 Å². The van der Waals surface area contributed by atoms with E-state index in [4.69, 9.17) is 11.6 Å². The Bertz CT molecular complexity index is 468. The lowest BCUT2D eigenvalue weighted by molar-refractivity contribution is 0.768. The third kappa shape index (κ3) is 2.83. The monoisotopic (exact) mass is 465 g/mol. The molecule has 80 valence electrons. The number of alkyl halides is 1. The van der Waals surface area contributed by atoms with E-state index >= 15 is 0 Å². The summed E-state index contributed by atoms with van der Waals surface area (Å²) < 4.78 is 4.26. The number of nitrogens with zero attached hydrogens (tertiary/aromatic N) is 3. The van der Waals surface area contributed by atoms with Gasteiger partial charge in [0.1, 0.15) is 12.4 Å². The first-order valence-corrected chi connectivity index (χ1v) is 7.63. The van der Waals surface area contributed by atoms with E-state index in [1.165, 1.54) is 0 Å². The molecule has 0 N–H and O–H groups in total. The molecule has 0 atom stereocenters. The Morgan fingerprint density at radius 1 is 1.47 bits per heavy atom. The molecule has 15 heavy (non-hydrogen) atoms. The summed E-state index contributed by atoms with van der Waals surface area (Å²) in [5.41, 5.74) is 0.946. The van der Waals surface area contributed by atoms with Gasteiger partial charge in [0.2, 0.25) is 0 Å². The van der Waals surface area contributed by atoms with Crippen molar-refractivity contribution in [3.8, 4) is 0 Å². The van der Waals surface area contributed by atoms with E-state index in [1.54, 1.807) is 11.3 Å². The summed E-state index contributed by atoms with van der Waals surface area (Å²) in [4.78, 5) is 8.64. The second-order valence-electron chi connectivity index (χ2n) is 2.82. The molecule has 2 rings (SSSR count). The van der Waals surface area contributed by atoms with Gasteiger partial charge in [-0.2, -0.15) is 0 Å². The van der Waals surface area contributed by atoms with Gasteiger partial charge in [0.15, 0.2) is 0 Å². The van der Waals surface area contributed by atoms with Crippen LogP contribution in [0.25, 0.3) is 0 Å². The fraction of sp³-hybridized carbons (Fsp3) is 0.250. The molecule has 3 nitrogen and oxygen atoms in total. The Morgan fingerprint density at radius 2 is 2.27 bits per heavy atom. The van der Waals surface area contributed by atoms with Gasteiger partial charge in [-0.1, -0.05) is 0 Å². The highest BCUT2D eigenvalue weighted by Gasteiger charge is 2.07. The maximum Gasteiger partial charge on any atom is 0.132 e. The van der Waals surface area contributed by atoms with Gasteiger partial charge in [0.25, 0.3) is 0 Å². The van der Waals surface area contributed by atoms with Crippen molar-refractivity contribution in [1.82, 2.24) is 14.5 Å². The lowest BCUT2D eigenvalue weighted by atomic mass is 10.5. The number of hydrogen-bond donors (Lipinski definition) is 0. The minimum Gasteiger partial charge on any atom is -0.318 e. The molecule has 0 aliphatic carbocycles. The van der Waals surface area contributed by atoms with Crippen LogP contribution in [0.5, 0.6) is 0 Å². The van der Waals surface area contributed by atoms with Crippen LogP contribution in [0.2, 0.25) is 0 Å². The molecule has 0 aliphatic heterocycles. The van der Waals surface area contributed by atoms with Crippen LogP contribution in [-0.2, 0) is 12.4 Å². The zero-order valence-corrected chi connectivity index (χ0v) is 13.3. The fourth-order valence-electron chi connectivity index (χ4n) is 1.08. The van der Waals surface area contributed by atoms with Crippen molar-refractivity contribution in [3.63, 3.8) is 0 Å². The molecule has 0 amide bonds. The Balaban J connectivity index is 2.18. The third-order valence-corrected chi connectivity index (χ3v) is 5.88. The Labute approximate surface area is 124 Å². The summed E-state index contributed by atoms with van der Waals surface area (Å²) >= 11 is 11.8. The highest BCUT2D eigenvalue weighted by Crippen LogP contribution is 2.17. The first-order valence-electron chi connectivity index (χ1n) is 4.06. The average molecular weight is 465 g/mol. The van der Waals surface area contributed by atoms with Crippen molar-refractivity contribution < 1.29 is 0 Å². The van der Waals surface area contributed by atoms with E-state index in [9.17, 15) is 0 Å². The van der Waals surface area contributed by atoms with Gasteiger partial charge in [-0.15, -0.1) is 22.9 Å². The number of rotatable bonds is 3. The molecule has 0 aliphatic rings. The lowest BCUT2D eigenvalue weighted by Gasteiger charge is -1.99. The van der Waals surface area contributed by atoms with Gasteiger partial charge in [-0.05, 0) is 45.2 Å². The summed E-state index contributed by atoms with van der Waals surface area (Å²) in [6.07, 6.45) is 1.84. The molecule has 0 bridgehead atoms. The molecular formula is C8H6ClI2N3S. The summed E-state index contributed by atoms with van der Waals surface area (Å²) in [5.74, 6) is 0.481. The van der Waals surface area contributed by atoms with Crippen LogP contribution in [0.15, 0.2) is 11.7 Å². The van der Waals surface area contributed by atoms with Gasteiger partial charge in [0, 0.05) is 5.38 Å². The minimum absolute atomic E-state index is 0.481. The van der Waals surface area contributed by atoms with Crippen LogP contribution < -0.4 is 0 Å². The van der Waals surface area contributed by atoms with Crippen LogP contribution in [0.3, 0.4) is 0 Å². The maximum absolute atomic E-state index is 5.70. The first-order chi connectivity index (χ1) is 7.20. The van der Waals surface area contributed by atoms with Crippen molar-refractivity contribution in [2.45, 2.75) is 12.4 Å². The van der Waals surface area contributed by atoms with Crippen LogP contribution in [0, 0.1) is 7.40 Å². The predicted molar refractivity (Wildman–Crippen MR) is 78.4 cm³/mol. The van der Waals surface area contributed by atoms with Gasteiger partial charge in [-0.25, -0.2) is 9.97 Å². The lowest BCUT2D eigenvalue weighted by Crippen LogP contribution is -2.00. The largest absolute Gasteiger partial charge is 0.318 e. The molecule has 2 aromatic heterocycles. The van der Waals surface area contributed by atoms with Crippen molar-refractivity contribution >= 4 is 68.1 Å². The second-order valence-corrected chi connectivity index (χ2v) is 6.07. The SMILES string of the molecule is ClCc1csc(Cn2cnc(I)c2I)n1. The van der Waals surface area contributed by atoms with E-state index in [-0.39, 0.29) is 0 Å². The quantitative estimate of drug-likeness (QED) is 0.514. The molecule has 0 saturated carbocycles. The van der Waals surface area contributed by atoms with Crippen molar-refractivity contribution in [3.05, 3.63) is 29.8 Å². The number of imidazole rings is 1. The van der Waals surface area contributed by atoms with Crippen molar-refractivity contribution in [1.29, 1.82) is 0 Å². The first kappa shape index (κ1) is 12.1. The summed E-state index contributed by atoms with van der Waals surface area (Å²) in [6.45, 7) is 0.774. The highest BCUT2D eigenvalue weighted by atomic mass is 127. The summed E-state index contributed by atoms with van der Waals surface area (Å²) in [7, 11) is 0. The smallest absolute Gasteiger partial charge is 0.132 e. The van der Waals surface area contributed by atoms with E-state index in [2.05, 4.69) is 59.7 Å². The summed E-state index contributed by atoms with van der Waals surface area (Å²) in [5, 5.41) is 3.06.